The van der Waals surface area contributed by atoms with Crippen LogP contribution in [-0.4, -0.2) is 128 Å². The summed E-state index contributed by atoms with van der Waals surface area (Å²) in [4.78, 5) is 73.0. The molecule has 0 bridgehead atoms. The van der Waals surface area contributed by atoms with Crippen molar-refractivity contribution in [2.45, 2.75) is 139 Å². The van der Waals surface area contributed by atoms with Crippen LogP contribution in [0.15, 0.2) is 54.2 Å². The molecule has 374 valence electrons. The number of ether oxygens (including phenoxy) is 3. The van der Waals surface area contributed by atoms with Crippen molar-refractivity contribution in [1.82, 2.24) is 34.8 Å². The lowest BCUT2D eigenvalue weighted by atomic mass is 9.82. The van der Waals surface area contributed by atoms with Crippen molar-refractivity contribution in [3.8, 4) is 33.6 Å². The van der Waals surface area contributed by atoms with Crippen molar-refractivity contribution in [3.63, 3.8) is 0 Å². The van der Waals surface area contributed by atoms with Crippen LogP contribution >= 0.6 is 11.3 Å². The number of thiazole rings is 1. The summed E-state index contributed by atoms with van der Waals surface area (Å²) in [5.74, 6) is -4.14. The third-order valence-electron chi connectivity index (χ3n) is 14.0. The van der Waals surface area contributed by atoms with E-state index in [9.17, 15) is 27.9 Å². The minimum absolute atomic E-state index is 0.0305. The quantitative estimate of drug-likeness (QED) is 0.170. The molecule has 3 aliphatic heterocycles. The van der Waals surface area contributed by atoms with Gasteiger partial charge in [0.1, 0.15) is 40.2 Å². The van der Waals surface area contributed by atoms with Crippen molar-refractivity contribution in [3.05, 3.63) is 54.2 Å². The van der Waals surface area contributed by atoms with Gasteiger partial charge in [-0.3, -0.25) is 24.0 Å². The molecular formula is C47H58F3N7O10S2. The molecule has 22 heteroatoms. The van der Waals surface area contributed by atoms with Crippen LogP contribution in [0.25, 0.3) is 22.0 Å². The molecule has 3 aromatic heterocycles. The molecule has 4 fully saturated rings. The van der Waals surface area contributed by atoms with Gasteiger partial charge in [0, 0.05) is 60.5 Å². The molecule has 2 aliphatic carbocycles. The molecular weight excluding hydrogens is 944 g/mol. The molecule has 0 spiro atoms. The maximum Gasteiger partial charge on any atom is 0.414 e. The Bertz CT molecular complexity index is 2550. The van der Waals surface area contributed by atoms with Gasteiger partial charge < -0.3 is 29.5 Å². The Labute approximate surface area is 402 Å². The fourth-order valence-corrected chi connectivity index (χ4v) is 11.8. The highest BCUT2D eigenvalue weighted by molar-refractivity contribution is 7.91. The number of hydrogen-bond donors (Lipinski definition) is 3. The average Bonchev–Trinajstić information content (AvgIpc) is 4.04. The first kappa shape index (κ1) is 50.1. The number of carbonyl (C=O) groups excluding carboxylic acids is 3. The zero-order valence-electron chi connectivity index (χ0n) is 39.0. The molecule has 69 heavy (non-hydrogen) atoms. The van der Waals surface area contributed by atoms with Gasteiger partial charge in [-0.25, -0.2) is 28.2 Å². The van der Waals surface area contributed by atoms with Crippen LogP contribution in [0.4, 0.5) is 18.0 Å². The number of amides is 4. The molecule has 4 amide bonds. The van der Waals surface area contributed by atoms with E-state index in [-0.39, 0.29) is 61.5 Å². The minimum Gasteiger partial charge on any atom is -0.488 e. The summed E-state index contributed by atoms with van der Waals surface area (Å²) in [6, 6.07) is 3.23. The number of carbonyl (C=O) groups is 4. The third-order valence-corrected chi connectivity index (χ3v) is 17.0. The molecule has 17 nitrogen and oxygen atoms in total. The molecule has 5 aliphatic rings. The van der Waals surface area contributed by atoms with Crippen LogP contribution in [0, 0.1) is 17.8 Å². The van der Waals surface area contributed by atoms with Crippen molar-refractivity contribution in [2.75, 3.05) is 19.8 Å². The number of hydrogen-bond acceptors (Lipinski definition) is 13. The van der Waals surface area contributed by atoms with E-state index in [4.69, 9.17) is 19.2 Å². The van der Waals surface area contributed by atoms with Gasteiger partial charge in [0.15, 0.2) is 5.54 Å². The van der Waals surface area contributed by atoms with Crippen LogP contribution in [0.3, 0.4) is 0 Å². The molecule has 0 radical (unpaired) electrons. The van der Waals surface area contributed by atoms with Crippen molar-refractivity contribution < 1.29 is 60.1 Å². The topological polar surface area (TPSA) is 220 Å². The number of pyridine rings is 2. The van der Waals surface area contributed by atoms with Crippen LogP contribution < -0.4 is 19.5 Å². The average molecular weight is 1000 g/mol. The highest BCUT2D eigenvalue weighted by atomic mass is 32.2. The molecule has 1 unspecified atom stereocenters. The lowest BCUT2D eigenvalue weighted by Gasteiger charge is -2.50. The molecule has 2 saturated carbocycles. The number of carboxylic acid groups (broad SMARTS) is 1. The minimum atomic E-state index is -5.17. The lowest BCUT2D eigenvalue weighted by Crippen LogP contribution is -2.71. The first-order valence-corrected chi connectivity index (χ1v) is 25.7. The summed E-state index contributed by atoms with van der Waals surface area (Å²) >= 11 is 1.32. The molecule has 8 atom stereocenters. The fraction of sp³-hybridized carbons (Fsp3) is 0.596. The van der Waals surface area contributed by atoms with E-state index in [2.05, 4.69) is 20.0 Å². The number of alkyl halides is 3. The Balaban J connectivity index is 1.20. The number of rotatable bonds is 11. The SMILES string of the molecule is CC(C)Oc1ccc(-c2cc(O[C@@H]3C[C@H]4C(=O)N[C@]5(C(=O)NS(=O)(=O)C6(C)CC6)C[C@H]5/C=C\CC[C@@H](C)C[C@@H](C)[C@H](N(C(=O)O)C5(C(F)(F)F)CCCOC5)C(=O)N4C3)cc(-c3nccs3)n2)cn1. The summed E-state index contributed by atoms with van der Waals surface area (Å²) in [6.45, 7) is 7.20. The number of sulfonamides is 1. The maximum atomic E-state index is 15.5. The Kier molecular flexibility index (Phi) is 13.9. The molecule has 2 saturated heterocycles. The summed E-state index contributed by atoms with van der Waals surface area (Å²) in [7, 11) is -4.16. The van der Waals surface area contributed by atoms with Gasteiger partial charge in [-0.05, 0) is 90.0 Å². The molecule has 8 rings (SSSR count). The van der Waals surface area contributed by atoms with Gasteiger partial charge in [-0.2, -0.15) is 13.2 Å². The van der Waals surface area contributed by atoms with Crippen molar-refractivity contribution in [2.24, 2.45) is 17.8 Å². The summed E-state index contributed by atoms with van der Waals surface area (Å²) < 4.78 is 92.1. The van der Waals surface area contributed by atoms with Gasteiger partial charge in [-0.15, -0.1) is 11.3 Å². The van der Waals surface area contributed by atoms with E-state index < -0.39 is 98.9 Å². The van der Waals surface area contributed by atoms with E-state index in [1.165, 1.54) is 18.3 Å². The fourth-order valence-electron chi connectivity index (χ4n) is 9.86. The predicted octanol–water partition coefficient (Wildman–Crippen LogP) is 6.75. The second kappa shape index (κ2) is 19.1. The molecule has 3 N–H and O–H groups in total. The van der Waals surface area contributed by atoms with Gasteiger partial charge in [0.05, 0.1) is 29.7 Å². The zero-order valence-corrected chi connectivity index (χ0v) is 40.7. The normalized spacial score (nSPS) is 29.9. The second-order valence-corrected chi connectivity index (χ2v) is 22.8. The van der Waals surface area contributed by atoms with E-state index in [1.54, 1.807) is 55.0 Å². The van der Waals surface area contributed by atoms with Crippen LogP contribution in [-0.2, 0) is 29.1 Å². The van der Waals surface area contributed by atoms with Gasteiger partial charge in [-0.1, -0.05) is 26.0 Å². The van der Waals surface area contributed by atoms with Crippen molar-refractivity contribution >= 4 is 45.2 Å². The highest BCUT2D eigenvalue weighted by Crippen LogP contribution is 2.49. The number of nitrogens with zero attached hydrogens (tertiary/aromatic N) is 5. The van der Waals surface area contributed by atoms with Gasteiger partial charge >= 0.3 is 12.3 Å². The monoisotopic (exact) mass is 1000 g/mol. The second-order valence-electron chi connectivity index (χ2n) is 19.7. The number of aromatic nitrogens is 3. The first-order valence-electron chi connectivity index (χ1n) is 23.3. The van der Waals surface area contributed by atoms with Gasteiger partial charge in [0.25, 0.3) is 5.91 Å². The van der Waals surface area contributed by atoms with E-state index in [0.29, 0.717) is 53.5 Å². The Hall–Kier alpha value is -5.35. The number of fused-ring (bicyclic) bond motifs is 2. The van der Waals surface area contributed by atoms with E-state index in [1.807, 2.05) is 26.8 Å². The summed E-state index contributed by atoms with van der Waals surface area (Å²) in [5, 5.41) is 16.0. The summed E-state index contributed by atoms with van der Waals surface area (Å²) in [5.41, 5.74) is -3.43. The van der Waals surface area contributed by atoms with Crippen LogP contribution in [0.2, 0.25) is 0 Å². The highest BCUT2D eigenvalue weighted by Gasteiger charge is 2.66. The predicted molar refractivity (Wildman–Crippen MR) is 246 cm³/mol. The third kappa shape index (κ3) is 10.2. The van der Waals surface area contributed by atoms with Gasteiger partial charge in [0.2, 0.25) is 27.7 Å². The van der Waals surface area contributed by atoms with Crippen LogP contribution in [0.1, 0.15) is 92.4 Å². The Morgan fingerprint density at radius 2 is 1.86 bits per heavy atom. The number of allylic oxidation sites excluding steroid dienone is 1. The number of nitrogens with one attached hydrogen (secondary N) is 2. The maximum absolute atomic E-state index is 15.5. The van der Waals surface area contributed by atoms with E-state index in [0.717, 1.165) is 4.90 Å². The molecule has 0 aromatic carbocycles. The lowest BCUT2D eigenvalue weighted by molar-refractivity contribution is -0.260. The summed E-state index contributed by atoms with van der Waals surface area (Å²) in [6.07, 6.45) is -0.828. The number of halogens is 3. The molecule has 3 aromatic rings. The Morgan fingerprint density at radius 1 is 1.10 bits per heavy atom. The standard InChI is InChI=1S/C47H58F3N7O10S2/c1-27(2)66-37-12-11-30(24-52-37)34-20-32(21-35(53-34)40-51-16-18-68-40)67-33-22-36-39(58)54-46(42(60)55-69(63,64)44(5)14-15-44)23-31(46)10-7-6-9-28(3)19-29(4)38(41(59)56(36)25-33)57(43(61)62)45(47(48,49)50)13-8-17-65-26-45/h7,10-12,16,18,20-21,24,27-29,31,33,36,38H,6,8-9,13-15,17,19,22-23,25-26H2,1-5H3,(H,54,58)(H,55,60)(H,61,62)/b10-7-/t28-,29-,31-,33-,36+,38+,45?,46-/m1/s1. The zero-order chi connectivity index (χ0) is 49.7. The van der Waals surface area contributed by atoms with Crippen LogP contribution in [0.5, 0.6) is 11.6 Å². The largest absolute Gasteiger partial charge is 0.488 e. The smallest absolute Gasteiger partial charge is 0.414 e. The van der Waals surface area contributed by atoms with Crippen molar-refractivity contribution in [1.29, 1.82) is 0 Å². The molecule has 6 heterocycles. The van der Waals surface area contributed by atoms with E-state index >= 15 is 18.0 Å². The first-order chi connectivity index (χ1) is 32.6. The Morgan fingerprint density at radius 3 is 2.48 bits per heavy atom.